The third kappa shape index (κ3) is 1.61. The summed E-state index contributed by atoms with van der Waals surface area (Å²) in [5, 5.41) is 0.705. The van der Waals surface area contributed by atoms with E-state index in [-0.39, 0.29) is 11.9 Å². The third-order valence-corrected chi connectivity index (χ3v) is 4.38. The molecule has 2 heterocycles. The fourth-order valence-electron chi connectivity index (χ4n) is 2.94. The molecular weight excluding hydrogens is 274 g/mol. The van der Waals surface area contributed by atoms with Crippen LogP contribution in [-0.4, -0.2) is 27.4 Å². The van der Waals surface area contributed by atoms with Gasteiger partial charge in [0.25, 0.3) is 5.91 Å². The van der Waals surface area contributed by atoms with Crippen LogP contribution in [0.3, 0.4) is 0 Å². The quantitative estimate of drug-likeness (QED) is 0.851. The minimum Gasteiger partial charge on any atom is -0.329 e. The van der Waals surface area contributed by atoms with E-state index in [0.29, 0.717) is 16.8 Å². The second kappa shape index (κ2) is 4.09. The van der Waals surface area contributed by atoms with E-state index in [1.54, 1.807) is 4.90 Å². The lowest BCUT2D eigenvalue weighted by Crippen LogP contribution is -2.25. The summed E-state index contributed by atoms with van der Waals surface area (Å²) in [6.45, 7) is 0. The van der Waals surface area contributed by atoms with E-state index >= 15 is 0 Å². The fourth-order valence-corrected chi connectivity index (χ4v) is 3.07. The van der Waals surface area contributed by atoms with Crippen LogP contribution >= 0.6 is 11.6 Å². The molecule has 102 valence electrons. The maximum Gasteiger partial charge on any atom is 0.275 e. The Morgan fingerprint density at radius 3 is 2.60 bits per heavy atom. The summed E-state index contributed by atoms with van der Waals surface area (Å²) in [7, 11) is 1.83. The first kappa shape index (κ1) is 12.0. The molecule has 5 heteroatoms. The molecule has 1 amide bonds. The number of hydrogen-bond acceptors (Lipinski definition) is 2. The Hall–Kier alpha value is -1.81. The number of aromatic nitrogens is 2. The Bertz CT molecular complexity index is 688. The molecule has 1 aliphatic heterocycles. The molecule has 0 spiro atoms. The molecule has 4 nitrogen and oxygen atoms in total. The highest BCUT2D eigenvalue weighted by Crippen LogP contribution is 2.43. The highest BCUT2D eigenvalue weighted by Gasteiger charge is 2.42. The summed E-state index contributed by atoms with van der Waals surface area (Å²) in [4.78, 5) is 18.4. The molecule has 2 aliphatic rings. The average molecular weight is 288 g/mol. The number of amides is 1. The van der Waals surface area contributed by atoms with Crippen LogP contribution in [0.5, 0.6) is 0 Å². The molecule has 1 unspecified atom stereocenters. The van der Waals surface area contributed by atoms with Gasteiger partial charge >= 0.3 is 0 Å². The molecule has 1 aromatic heterocycles. The highest BCUT2D eigenvalue weighted by molar-refractivity contribution is 6.30. The van der Waals surface area contributed by atoms with E-state index < -0.39 is 0 Å². The third-order valence-electron chi connectivity index (χ3n) is 4.13. The van der Waals surface area contributed by atoms with Crippen molar-refractivity contribution in [3.8, 4) is 0 Å². The first-order chi connectivity index (χ1) is 9.66. The molecule has 1 saturated carbocycles. The van der Waals surface area contributed by atoms with Gasteiger partial charge in [-0.15, -0.1) is 0 Å². The zero-order valence-electron chi connectivity index (χ0n) is 11.1. The molecule has 1 aromatic carbocycles. The zero-order chi connectivity index (χ0) is 13.9. The van der Waals surface area contributed by atoms with Crippen LogP contribution < -0.4 is 0 Å². The van der Waals surface area contributed by atoms with E-state index in [2.05, 4.69) is 9.55 Å². The fraction of sp³-hybridized carbons (Fsp3) is 0.333. The predicted molar refractivity (Wildman–Crippen MR) is 75.9 cm³/mol. The Morgan fingerprint density at radius 2 is 1.95 bits per heavy atom. The normalized spacial score (nSPS) is 21.4. The number of halogens is 1. The van der Waals surface area contributed by atoms with Crippen LogP contribution in [0.25, 0.3) is 0 Å². The van der Waals surface area contributed by atoms with Crippen LogP contribution in [0, 0.1) is 0 Å². The van der Waals surface area contributed by atoms with Crippen LogP contribution in [0.15, 0.2) is 30.6 Å². The molecule has 0 radical (unpaired) electrons. The highest BCUT2D eigenvalue weighted by atomic mass is 35.5. The second-order valence-electron chi connectivity index (χ2n) is 5.49. The molecule has 20 heavy (non-hydrogen) atoms. The van der Waals surface area contributed by atoms with Gasteiger partial charge in [0.15, 0.2) is 5.69 Å². The first-order valence-corrected chi connectivity index (χ1v) is 7.14. The van der Waals surface area contributed by atoms with E-state index in [1.807, 2.05) is 37.6 Å². The van der Waals surface area contributed by atoms with Crippen LogP contribution in [0.4, 0.5) is 0 Å². The number of rotatable bonds is 2. The summed E-state index contributed by atoms with van der Waals surface area (Å²) >= 11 is 5.96. The van der Waals surface area contributed by atoms with Gasteiger partial charge in [0, 0.05) is 18.1 Å². The zero-order valence-corrected chi connectivity index (χ0v) is 11.8. The van der Waals surface area contributed by atoms with Crippen molar-refractivity contribution >= 4 is 17.5 Å². The molecule has 4 rings (SSSR count). The van der Waals surface area contributed by atoms with Gasteiger partial charge in [-0.2, -0.15) is 0 Å². The molecule has 1 fully saturated rings. The molecular formula is C15H14ClN3O. The Balaban J connectivity index is 1.86. The van der Waals surface area contributed by atoms with Gasteiger partial charge in [-0.3, -0.25) is 4.79 Å². The smallest absolute Gasteiger partial charge is 0.275 e. The summed E-state index contributed by atoms with van der Waals surface area (Å²) in [6, 6.07) is 8.15. The van der Waals surface area contributed by atoms with Gasteiger partial charge in [-0.25, -0.2) is 4.98 Å². The van der Waals surface area contributed by atoms with Crippen molar-refractivity contribution < 1.29 is 4.79 Å². The number of carbonyl (C=O) groups is 1. The number of carbonyl (C=O) groups excluding carboxylic acids is 1. The minimum atomic E-state index is -0.0575. The maximum atomic E-state index is 12.3. The molecule has 2 aromatic rings. The Labute approximate surface area is 122 Å². The number of fused-ring (bicyclic) bond motifs is 1. The van der Waals surface area contributed by atoms with Crippen molar-refractivity contribution in [3.05, 3.63) is 52.6 Å². The molecule has 0 bridgehead atoms. The maximum absolute atomic E-state index is 12.3. The summed E-state index contributed by atoms with van der Waals surface area (Å²) in [5.41, 5.74) is 2.70. The largest absolute Gasteiger partial charge is 0.329 e. The second-order valence-corrected chi connectivity index (χ2v) is 5.92. The van der Waals surface area contributed by atoms with Crippen molar-refractivity contribution in [2.75, 3.05) is 7.05 Å². The predicted octanol–water partition coefficient (Wildman–Crippen LogP) is 3.05. The number of benzene rings is 1. The number of hydrogen-bond donors (Lipinski definition) is 0. The van der Waals surface area contributed by atoms with Crippen molar-refractivity contribution in [2.45, 2.75) is 24.9 Å². The van der Waals surface area contributed by atoms with Crippen molar-refractivity contribution in [2.24, 2.45) is 0 Å². The monoisotopic (exact) mass is 287 g/mol. The van der Waals surface area contributed by atoms with E-state index in [4.69, 9.17) is 11.6 Å². The molecule has 1 atom stereocenters. The van der Waals surface area contributed by atoms with Crippen LogP contribution in [-0.2, 0) is 0 Å². The van der Waals surface area contributed by atoms with E-state index in [0.717, 1.165) is 11.3 Å². The van der Waals surface area contributed by atoms with Gasteiger partial charge in [0.05, 0.1) is 18.1 Å². The van der Waals surface area contributed by atoms with Gasteiger partial charge in [0.1, 0.15) is 0 Å². The Kier molecular flexibility index (Phi) is 2.45. The van der Waals surface area contributed by atoms with E-state index in [1.165, 1.54) is 12.8 Å². The molecule has 0 N–H and O–H groups in total. The lowest BCUT2D eigenvalue weighted by atomic mass is 10.0. The van der Waals surface area contributed by atoms with E-state index in [9.17, 15) is 4.79 Å². The summed E-state index contributed by atoms with van der Waals surface area (Å²) in [5.74, 6) is -0.000602. The molecule has 1 aliphatic carbocycles. The van der Waals surface area contributed by atoms with Crippen molar-refractivity contribution in [1.82, 2.24) is 14.5 Å². The van der Waals surface area contributed by atoms with Gasteiger partial charge in [-0.05, 0) is 30.5 Å². The first-order valence-electron chi connectivity index (χ1n) is 6.76. The lowest BCUT2D eigenvalue weighted by Gasteiger charge is -2.22. The lowest BCUT2D eigenvalue weighted by molar-refractivity contribution is 0.0787. The van der Waals surface area contributed by atoms with Crippen LogP contribution in [0.2, 0.25) is 5.02 Å². The van der Waals surface area contributed by atoms with Gasteiger partial charge in [0.2, 0.25) is 0 Å². The number of nitrogens with zero attached hydrogens (tertiary/aromatic N) is 3. The molecule has 0 saturated heterocycles. The SMILES string of the molecule is CN1C(=O)c2ncn(C3CC3)c2C1c1ccc(Cl)cc1. The topological polar surface area (TPSA) is 38.1 Å². The summed E-state index contributed by atoms with van der Waals surface area (Å²) < 4.78 is 2.18. The van der Waals surface area contributed by atoms with Gasteiger partial charge < -0.3 is 9.47 Å². The Morgan fingerprint density at radius 1 is 1.25 bits per heavy atom. The van der Waals surface area contributed by atoms with Gasteiger partial charge in [-0.1, -0.05) is 23.7 Å². The summed E-state index contributed by atoms with van der Waals surface area (Å²) in [6.07, 6.45) is 4.16. The number of imidazole rings is 1. The standard InChI is InChI=1S/C15H14ClN3O/c1-18-13(9-2-4-10(16)5-3-9)14-12(15(18)20)17-8-19(14)11-6-7-11/h2-5,8,11,13H,6-7H2,1H3. The van der Waals surface area contributed by atoms with Crippen molar-refractivity contribution in [3.63, 3.8) is 0 Å². The minimum absolute atomic E-state index is 0.000602. The van der Waals surface area contributed by atoms with Crippen LogP contribution in [0.1, 0.15) is 46.7 Å². The average Bonchev–Trinajstić information content (AvgIpc) is 3.15. The van der Waals surface area contributed by atoms with Crippen molar-refractivity contribution in [1.29, 1.82) is 0 Å².